The molecular weight excluding hydrogens is 394 g/mol. The first kappa shape index (κ1) is 20.2. The Morgan fingerprint density at radius 3 is 2.40 bits per heavy atom. The van der Waals surface area contributed by atoms with E-state index in [2.05, 4.69) is 16.0 Å². The van der Waals surface area contributed by atoms with Crippen molar-refractivity contribution in [1.82, 2.24) is 14.9 Å². The minimum absolute atomic E-state index is 0.0687. The van der Waals surface area contributed by atoms with Gasteiger partial charge in [0.15, 0.2) is 0 Å². The van der Waals surface area contributed by atoms with Crippen molar-refractivity contribution in [3.8, 4) is 0 Å². The van der Waals surface area contributed by atoms with E-state index in [0.717, 1.165) is 40.4 Å². The maximum absolute atomic E-state index is 12.2. The molecule has 1 N–H and O–H groups in total. The average Bonchev–Trinajstić information content (AvgIpc) is 3.12. The molecule has 0 aliphatic heterocycles. The van der Waals surface area contributed by atoms with Crippen LogP contribution in [0.15, 0.2) is 78.9 Å². The van der Waals surface area contributed by atoms with Gasteiger partial charge >= 0.3 is 0 Å². The van der Waals surface area contributed by atoms with Crippen LogP contribution in [0.4, 0.5) is 0 Å². The number of nitrogens with zero attached hydrogens (tertiary/aromatic N) is 2. The maximum Gasteiger partial charge on any atom is 0.220 e. The lowest BCUT2D eigenvalue weighted by Crippen LogP contribution is -2.26. The van der Waals surface area contributed by atoms with Gasteiger partial charge < -0.3 is 9.88 Å². The summed E-state index contributed by atoms with van der Waals surface area (Å²) in [6.07, 6.45) is 1.92. The fourth-order valence-electron chi connectivity index (χ4n) is 3.57. The van der Waals surface area contributed by atoms with Gasteiger partial charge in [0, 0.05) is 31.0 Å². The number of aryl methyl sites for hydroxylation is 1. The van der Waals surface area contributed by atoms with Crippen LogP contribution in [0.25, 0.3) is 11.0 Å². The van der Waals surface area contributed by atoms with Gasteiger partial charge in [0.1, 0.15) is 5.82 Å². The lowest BCUT2D eigenvalue weighted by atomic mass is 10.1. The highest BCUT2D eigenvalue weighted by Crippen LogP contribution is 2.19. The van der Waals surface area contributed by atoms with E-state index in [9.17, 15) is 4.79 Å². The van der Waals surface area contributed by atoms with Gasteiger partial charge in [-0.05, 0) is 41.8 Å². The molecule has 30 heavy (non-hydrogen) atoms. The molecule has 1 amide bonds. The number of hydrogen-bond donors (Lipinski definition) is 1. The van der Waals surface area contributed by atoms with Gasteiger partial charge in [-0.2, -0.15) is 0 Å². The van der Waals surface area contributed by atoms with Gasteiger partial charge in [-0.15, -0.1) is 0 Å². The number of hydrogen-bond acceptors (Lipinski definition) is 2. The standard InChI is InChI=1S/C25H24ClN3O/c26-21-13-10-20(11-14-21)18-29-23-9-5-4-8-22(23)28-24(29)16-17-27-25(30)15-12-19-6-2-1-3-7-19/h1-11,13-14H,12,15-18H2,(H,27,30). The predicted octanol–water partition coefficient (Wildman–Crippen LogP) is 5.03. The normalized spacial score (nSPS) is 11.0. The second-order valence-electron chi connectivity index (χ2n) is 7.31. The summed E-state index contributed by atoms with van der Waals surface area (Å²) < 4.78 is 2.22. The first-order chi connectivity index (χ1) is 14.7. The Kier molecular flexibility index (Phi) is 6.45. The molecule has 1 heterocycles. The molecule has 3 aromatic carbocycles. The van der Waals surface area contributed by atoms with E-state index in [4.69, 9.17) is 16.6 Å². The Labute approximate surface area is 181 Å². The first-order valence-corrected chi connectivity index (χ1v) is 10.6. The van der Waals surface area contributed by atoms with E-state index >= 15 is 0 Å². The van der Waals surface area contributed by atoms with Crippen LogP contribution < -0.4 is 5.32 Å². The molecule has 0 atom stereocenters. The van der Waals surface area contributed by atoms with Gasteiger partial charge in [0.05, 0.1) is 11.0 Å². The molecule has 0 spiro atoms. The molecule has 4 rings (SSSR count). The number of halogens is 1. The third-order valence-electron chi connectivity index (χ3n) is 5.14. The molecule has 152 valence electrons. The molecule has 4 aromatic rings. The highest BCUT2D eigenvalue weighted by Gasteiger charge is 2.11. The average molecular weight is 418 g/mol. The van der Waals surface area contributed by atoms with Crippen LogP contribution in [0.1, 0.15) is 23.4 Å². The summed E-state index contributed by atoms with van der Waals surface area (Å²) >= 11 is 6.02. The van der Waals surface area contributed by atoms with Crippen molar-refractivity contribution in [1.29, 1.82) is 0 Å². The maximum atomic E-state index is 12.2. The highest BCUT2D eigenvalue weighted by atomic mass is 35.5. The van der Waals surface area contributed by atoms with Crippen LogP contribution in [0.5, 0.6) is 0 Å². The second kappa shape index (κ2) is 9.59. The predicted molar refractivity (Wildman–Crippen MR) is 122 cm³/mol. The third-order valence-corrected chi connectivity index (χ3v) is 5.39. The molecule has 0 saturated carbocycles. The van der Waals surface area contributed by atoms with Crippen molar-refractivity contribution < 1.29 is 4.79 Å². The number of aromatic nitrogens is 2. The Hall–Kier alpha value is -3.11. The number of imidazole rings is 1. The molecular formula is C25H24ClN3O. The van der Waals surface area contributed by atoms with E-state index in [1.54, 1.807) is 0 Å². The smallest absolute Gasteiger partial charge is 0.220 e. The van der Waals surface area contributed by atoms with Crippen molar-refractivity contribution in [2.24, 2.45) is 0 Å². The van der Waals surface area contributed by atoms with E-state index < -0.39 is 0 Å². The summed E-state index contributed by atoms with van der Waals surface area (Å²) in [4.78, 5) is 17.0. The molecule has 0 bridgehead atoms. The number of benzene rings is 3. The third kappa shape index (κ3) is 5.08. The van der Waals surface area contributed by atoms with Crippen LogP contribution in [-0.4, -0.2) is 22.0 Å². The number of para-hydroxylation sites is 2. The van der Waals surface area contributed by atoms with Crippen LogP contribution in [-0.2, 0) is 24.2 Å². The van der Waals surface area contributed by atoms with E-state index in [0.29, 0.717) is 19.4 Å². The van der Waals surface area contributed by atoms with Crippen LogP contribution in [0.2, 0.25) is 5.02 Å². The molecule has 0 fully saturated rings. The Bertz CT molecular complexity index is 1120. The molecule has 0 unspecified atom stereocenters. The Morgan fingerprint density at radius 1 is 0.867 bits per heavy atom. The quantitative estimate of drug-likeness (QED) is 0.437. The largest absolute Gasteiger partial charge is 0.356 e. The van der Waals surface area contributed by atoms with Crippen molar-refractivity contribution in [3.63, 3.8) is 0 Å². The molecule has 0 radical (unpaired) electrons. The summed E-state index contributed by atoms with van der Waals surface area (Å²) in [5, 5.41) is 3.76. The number of carbonyl (C=O) groups is 1. The summed E-state index contributed by atoms with van der Waals surface area (Å²) in [6, 6.07) is 26.1. The minimum atomic E-state index is 0.0687. The van der Waals surface area contributed by atoms with Crippen molar-refractivity contribution >= 4 is 28.5 Å². The van der Waals surface area contributed by atoms with Crippen LogP contribution >= 0.6 is 11.6 Å². The molecule has 0 aliphatic carbocycles. The lowest BCUT2D eigenvalue weighted by Gasteiger charge is -2.10. The zero-order valence-corrected chi connectivity index (χ0v) is 17.5. The lowest BCUT2D eigenvalue weighted by molar-refractivity contribution is -0.121. The number of nitrogens with one attached hydrogen (secondary N) is 1. The zero-order chi connectivity index (χ0) is 20.8. The molecule has 1 aromatic heterocycles. The van der Waals surface area contributed by atoms with E-state index in [1.807, 2.05) is 72.8 Å². The summed E-state index contributed by atoms with van der Waals surface area (Å²) in [5.41, 5.74) is 4.41. The fraction of sp³-hybridized carbons (Fsp3) is 0.200. The van der Waals surface area contributed by atoms with Gasteiger partial charge in [-0.25, -0.2) is 4.98 Å². The van der Waals surface area contributed by atoms with Crippen LogP contribution in [0.3, 0.4) is 0 Å². The molecule has 0 aliphatic rings. The van der Waals surface area contributed by atoms with Gasteiger partial charge in [-0.1, -0.05) is 66.2 Å². The van der Waals surface area contributed by atoms with E-state index in [-0.39, 0.29) is 5.91 Å². The van der Waals surface area contributed by atoms with Crippen LogP contribution in [0, 0.1) is 0 Å². The summed E-state index contributed by atoms with van der Waals surface area (Å²) in [7, 11) is 0. The second-order valence-corrected chi connectivity index (χ2v) is 7.75. The monoisotopic (exact) mass is 417 g/mol. The Balaban J connectivity index is 1.40. The molecule has 4 nitrogen and oxygen atoms in total. The van der Waals surface area contributed by atoms with Gasteiger partial charge in [0.25, 0.3) is 0 Å². The Morgan fingerprint density at radius 2 is 1.60 bits per heavy atom. The molecule has 5 heteroatoms. The van der Waals surface area contributed by atoms with Crippen molar-refractivity contribution in [3.05, 3.63) is 101 Å². The highest BCUT2D eigenvalue weighted by molar-refractivity contribution is 6.30. The van der Waals surface area contributed by atoms with Crippen molar-refractivity contribution in [2.75, 3.05) is 6.54 Å². The number of carbonyl (C=O) groups excluding carboxylic acids is 1. The summed E-state index contributed by atoms with van der Waals surface area (Å²) in [6.45, 7) is 1.28. The number of rotatable bonds is 8. The first-order valence-electron chi connectivity index (χ1n) is 10.2. The van der Waals surface area contributed by atoms with Crippen molar-refractivity contribution in [2.45, 2.75) is 25.8 Å². The fourth-order valence-corrected chi connectivity index (χ4v) is 3.70. The molecule has 0 saturated heterocycles. The SMILES string of the molecule is O=C(CCc1ccccc1)NCCc1nc2ccccc2n1Cc1ccc(Cl)cc1. The summed E-state index contributed by atoms with van der Waals surface area (Å²) in [5.74, 6) is 1.04. The number of amides is 1. The van der Waals surface area contributed by atoms with E-state index in [1.165, 1.54) is 5.56 Å². The topological polar surface area (TPSA) is 46.9 Å². The van der Waals surface area contributed by atoms with Gasteiger partial charge in [0.2, 0.25) is 5.91 Å². The van der Waals surface area contributed by atoms with Gasteiger partial charge in [-0.3, -0.25) is 4.79 Å². The minimum Gasteiger partial charge on any atom is -0.356 e. The number of fused-ring (bicyclic) bond motifs is 1. The zero-order valence-electron chi connectivity index (χ0n) is 16.7.